The van der Waals surface area contributed by atoms with Crippen LogP contribution in [-0.4, -0.2) is 11.5 Å². The highest BCUT2D eigenvalue weighted by Gasteiger charge is 2.46. The minimum Gasteiger partial charge on any atom is -0.456 e. The molecule has 0 amide bonds. The van der Waals surface area contributed by atoms with Crippen LogP contribution in [0.25, 0.3) is 0 Å². The Hall–Kier alpha value is -1.35. The van der Waals surface area contributed by atoms with E-state index in [1.807, 2.05) is 19.1 Å². The first kappa shape index (κ1) is 12.7. The highest BCUT2D eigenvalue weighted by molar-refractivity contribution is 5.81. The Morgan fingerprint density at radius 2 is 2.05 bits per heavy atom. The van der Waals surface area contributed by atoms with Gasteiger partial charge >= 0.3 is 5.97 Å². The summed E-state index contributed by atoms with van der Waals surface area (Å²) in [5.74, 6) is 0.0653. The molecule has 0 saturated heterocycles. The van der Waals surface area contributed by atoms with Crippen LogP contribution < -0.4 is 5.73 Å². The van der Waals surface area contributed by atoms with Gasteiger partial charge in [0.2, 0.25) is 0 Å². The zero-order valence-electron chi connectivity index (χ0n) is 11.4. The van der Waals surface area contributed by atoms with E-state index in [0.717, 1.165) is 37.7 Å². The van der Waals surface area contributed by atoms with Crippen LogP contribution in [0, 0.1) is 5.92 Å². The summed E-state index contributed by atoms with van der Waals surface area (Å²) in [6, 6.07) is 8.24. The Kier molecular flexibility index (Phi) is 3.09. The molecular weight excluding hydrogens is 238 g/mol. The van der Waals surface area contributed by atoms with E-state index in [4.69, 9.17) is 10.5 Å². The first-order valence-electron chi connectivity index (χ1n) is 7.17. The molecule has 3 rings (SSSR count). The quantitative estimate of drug-likeness (QED) is 0.849. The summed E-state index contributed by atoms with van der Waals surface area (Å²) in [7, 11) is 0. The Labute approximate surface area is 114 Å². The third-order valence-electron chi connectivity index (χ3n) is 4.43. The molecule has 102 valence electrons. The van der Waals surface area contributed by atoms with Gasteiger partial charge in [-0.15, -0.1) is 0 Å². The molecule has 0 aromatic heterocycles. The molecule has 1 fully saturated rings. The Bertz CT molecular complexity index is 491. The van der Waals surface area contributed by atoms with Crippen molar-refractivity contribution in [3.8, 4) is 0 Å². The van der Waals surface area contributed by atoms with E-state index in [1.165, 1.54) is 5.56 Å². The van der Waals surface area contributed by atoms with Gasteiger partial charge in [-0.3, -0.25) is 4.79 Å². The van der Waals surface area contributed by atoms with Crippen LogP contribution in [-0.2, 0) is 16.0 Å². The van der Waals surface area contributed by atoms with Crippen molar-refractivity contribution in [2.45, 2.75) is 50.7 Å². The van der Waals surface area contributed by atoms with Crippen LogP contribution in [0.15, 0.2) is 24.3 Å². The number of aryl methyl sites for hydroxylation is 1. The van der Waals surface area contributed by atoms with Crippen molar-refractivity contribution >= 4 is 5.97 Å². The summed E-state index contributed by atoms with van der Waals surface area (Å²) in [5.41, 5.74) is 7.78. The number of carbonyl (C=O) groups is 1. The maximum absolute atomic E-state index is 12.3. The van der Waals surface area contributed by atoms with Gasteiger partial charge in [-0.1, -0.05) is 24.3 Å². The van der Waals surface area contributed by atoms with E-state index in [-0.39, 0.29) is 12.1 Å². The van der Waals surface area contributed by atoms with Gasteiger partial charge in [0.1, 0.15) is 11.6 Å². The topological polar surface area (TPSA) is 52.3 Å². The molecule has 2 N–H and O–H groups in total. The van der Waals surface area contributed by atoms with Gasteiger partial charge < -0.3 is 10.5 Å². The number of benzene rings is 1. The lowest BCUT2D eigenvalue weighted by Gasteiger charge is -2.29. The lowest BCUT2D eigenvalue weighted by molar-refractivity contribution is -0.157. The molecule has 2 aliphatic rings. The molecule has 0 radical (unpaired) electrons. The van der Waals surface area contributed by atoms with Crippen molar-refractivity contribution < 1.29 is 9.53 Å². The molecule has 0 bridgehead atoms. The van der Waals surface area contributed by atoms with Crippen LogP contribution >= 0.6 is 0 Å². The van der Waals surface area contributed by atoms with Gasteiger partial charge in [0, 0.05) is 0 Å². The van der Waals surface area contributed by atoms with E-state index in [0.29, 0.717) is 5.92 Å². The Morgan fingerprint density at radius 3 is 2.79 bits per heavy atom. The van der Waals surface area contributed by atoms with Crippen molar-refractivity contribution in [1.29, 1.82) is 0 Å². The maximum atomic E-state index is 12.3. The van der Waals surface area contributed by atoms with Gasteiger partial charge in [-0.25, -0.2) is 0 Å². The lowest BCUT2D eigenvalue weighted by Crippen LogP contribution is -2.48. The zero-order chi connectivity index (χ0) is 13.5. The molecule has 2 aliphatic carbocycles. The molecule has 0 heterocycles. The predicted molar refractivity (Wildman–Crippen MR) is 73.5 cm³/mol. The van der Waals surface area contributed by atoms with E-state index in [9.17, 15) is 4.79 Å². The molecule has 0 aliphatic heterocycles. The first-order valence-corrected chi connectivity index (χ1v) is 7.17. The fourth-order valence-corrected chi connectivity index (χ4v) is 2.94. The van der Waals surface area contributed by atoms with Crippen molar-refractivity contribution in [2.24, 2.45) is 11.7 Å². The molecule has 1 aromatic carbocycles. The van der Waals surface area contributed by atoms with Crippen molar-refractivity contribution in [3.63, 3.8) is 0 Å². The average molecular weight is 259 g/mol. The fraction of sp³-hybridized carbons (Fsp3) is 0.562. The number of rotatable bonds is 3. The highest BCUT2D eigenvalue weighted by atomic mass is 16.5. The minimum atomic E-state index is -0.813. The molecule has 1 aromatic rings. The van der Waals surface area contributed by atoms with Crippen molar-refractivity contribution in [2.75, 3.05) is 0 Å². The van der Waals surface area contributed by atoms with Crippen molar-refractivity contribution in [3.05, 3.63) is 35.4 Å². The van der Waals surface area contributed by atoms with Crippen LogP contribution in [0.1, 0.15) is 49.8 Å². The van der Waals surface area contributed by atoms with E-state index in [2.05, 4.69) is 12.1 Å². The number of carbonyl (C=O) groups excluding carboxylic acids is 1. The largest absolute Gasteiger partial charge is 0.456 e. The van der Waals surface area contributed by atoms with E-state index in [1.54, 1.807) is 0 Å². The highest BCUT2D eigenvalue weighted by Crippen LogP contribution is 2.40. The molecule has 1 saturated carbocycles. The zero-order valence-corrected chi connectivity index (χ0v) is 11.4. The van der Waals surface area contributed by atoms with Crippen LogP contribution in [0.5, 0.6) is 0 Å². The van der Waals surface area contributed by atoms with Crippen LogP contribution in [0.3, 0.4) is 0 Å². The van der Waals surface area contributed by atoms with Crippen LogP contribution in [0.2, 0.25) is 0 Å². The van der Waals surface area contributed by atoms with Gasteiger partial charge in [0.25, 0.3) is 0 Å². The molecule has 3 nitrogen and oxygen atoms in total. The minimum absolute atomic E-state index is 0.112. The molecule has 2 atom stereocenters. The summed E-state index contributed by atoms with van der Waals surface area (Å²) in [6.45, 7) is 1.81. The second-order valence-corrected chi connectivity index (χ2v) is 6.04. The summed E-state index contributed by atoms with van der Waals surface area (Å²) in [6.07, 6.45) is 5.03. The van der Waals surface area contributed by atoms with Gasteiger partial charge in [-0.05, 0) is 56.1 Å². The van der Waals surface area contributed by atoms with Gasteiger partial charge in [0.15, 0.2) is 0 Å². The number of esters is 1. The number of hydrogen-bond donors (Lipinski definition) is 1. The monoisotopic (exact) mass is 259 g/mol. The Balaban J connectivity index is 1.76. The molecule has 0 spiro atoms. The SMILES string of the molecule is CC(N)(C(=O)OC1CCCc2ccccc21)C1CC1. The first-order chi connectivity index (χ1) is 9.09. The fourth-order valence-electron chi connectivity index (χ4n) is 2.94. The molecule has 3 heteroatoms. The number of nitrogens with two attached hydrogens (primary N) is 1. The summed E-state index contributed by atoms with van der Waals surface area (Å²) in [5, 5.41) is 0. The Morgan fingerprint density at radius 1 is 1.32 bits per heavy atom. The third-order valence-corrected chi connectivity index (χ3v) is 4.43. The lowest BCUT2D eigenvalue weighted by atomic mass is 9.89. The average Bonchev–Trinajstić information content (AvgIpc) is 3.23. The molecular formula is C16H21NO2. The smallest absolute Gasteiger partial charge is 0.326 e. The molecule has 19 heavy (non-hydrogen) atoms. The predicted octanol–water partition coefficient (Wildman–Crippen LogP) is 2.73. The van der Waals surface area contributed by atoms with Gasteiger partial charge in [-0.2, -0.15) is 0 Å². The van der Waals surface area contributed by atoms with Gasteiger partial charge in [0.05, 0.1) is 0 Å². The summed E-state index contributed by atoms with van der Waals surface area (Å²) < 4.78 is 5.72. The van der Waals surface area contributed by atoms with E-state index < -0.39 is 5.54 Å². The third kappa shape index (κ3) is 2.39. The number of fused-ring (bicyclic) bond motifs is 1. The maximum Gasteiger partial charge on any atom is 0.326 e. The number of hydrogen-bond acceptors (Lipinski definition) is 3. The normalized spacial score (nSPS) is 25.3. The van der Waals surface area contributed by atoms with Crippen LogP contribution in [0.4, 0.5) is 0 Å². The molecule has 2 unspecified atom stereocenters. The second kappa shape index (κ2) is 4.64. The summed E-state index contributed by atoms with van der Waals surface area (Å²) >= 11 is 0. The second-order valence-electron chi connectivity index (χ2n) is 6.04. The summed E-state index contributed by atoms with van der Waals surface area (Å²) in [4.78, 5) is 12.3. The number of ether oxygens (including phenoxy) is 1. The standard InChI is InChI=1S/C16H21NO2/c1-16(17,12-9-10-12)15(18)19-14-8-4-6-11-5-2-3-7-13(11)14/h2-3,5,7,12,14H,4,6,8-10,17H2,1H3. The van der Waals surface area contributed by atoms with E-state index >= 15 is 0 Å². The van der Waals surface area contributed by atoms with Crippen molar-refractivity contribution in [1.82, 2.24) is 0 Å².